The van der Waals surface area contributed by atoms with E-state index in [1.165, 1.54) is 70.9 Å². The van der Waals surface area contributed by atoms with Gasteiger partial charge < -0.3 is 5.32 Å². The van der Waals surface area contributed by atoms with Crippen LogP contribution in [0.1, 0.15) is 78.6 Å². The molecule has 1 aliphatic heterocycles. The average molecular weight is 293 g/mol. The lowest BCUT2D eigenvalue weighted by molar-refractivity contribution is -0.00234. The Morgan fingerprint density at radius 2 is 1.81 bits per heavy atom. The number of piperazine rings is 1. The maximum Gasteiger partial charge on any atom is 0.0309 e. The monoisotopic (exact) mass is 292 g/mol. The number of rotatable bonds is 2. The minimum atomic E-state index is 0.468. The van der Waals surface area contributed by atoms with Crippen molar-refractivity contribution in [2.45, 2.75) is 96.2 Å². The minimum Gasteiger partial charge on any atom is -0.308 e. The van der Waals surface area contributed by atoms with Gasteiger partial charge in [0, 0.05) is 30.7 Å². The van der Waals surface area contributed by atoms with Crippen LogP contribution in [0.4, 0.5) is 0 Å². The van der Waals surface area contributed by atoms with Crippen molar-refractivity contribution in [2.24, 2.45) is 11.8 Å². The molecule has 0 aromatic heterocycles. The largest absolute Gasteiger partial charge is 0.308 e. The van der Waals surface area contributed by atoms with Crippen LogP contribution in [0.2, 0.25) is 0 Å². The quantitative estimate of drug-likeness (QED) is 0.820. The molecule has 3 fully saturated rings. The smallest absolute Gasteiger partial charge is 0.0309 e. The highest BCUT2D eigenvalue weighted by Crippen LogP contribution is 2.38. The third-order valence-corrected chi connectivity index (χ3v) is 6.99. The number of nitrogens with one attached hydrogen (secondary N) is 1. The fraction of sp³-hybridized carbons (Fsp3) is 1.00. The zero-order valence-corrected chi connectivity index (χ0v) is 14.5. The van der Waals surface area contributed by atoms with Gasteiger partial charge >= 0.3 is 0 Å². The van der Waals surface area contributed by atoms with Crippen LogP contribution >= 0.6 is 0 Å². The van der Waals surface area contributed by atoms with Crippen LogP contribution in [0, 0.1) is 11.8 Å². The number of hydrogen-bond acceptors (Lipinski definition) is 2. The molecule has 122 valence electrons. The summed E-state index contributed by atoms with van der Waals surface area (Å²) < 4.78 is 0. The van der Waals surface area contributed by atoms with Crippen molar-refractivity contribution in [2.75, 3.05) is 13.1 Å². The molecule has 2 aliphatic carbocycles. The molecule has 2 heteroatoms. The van der Waals surface area contributed by atoms with Gasteiger partial charge in [-0.3, -0.25) is 4.90 Å². The highest BCUT2D eigenvalue weighted by atomic mass is 15.3. The van der Waals surface area contributed by atoms with Crippen LogP contribution < -0.4 is 5.32 Å². The highest BCUT2D eigenvalue weighted by molar-refractivity contribution is 5.01. The lowest BCUT2D eigenvalue weighted by atomic mass is 9.75. The molecule has 3 rings (SSSR count). The summed E-state index contributed by atoms with van der Waals surface area (Å²) in [5, 5.41) is 3.98. The number of nitrogens with zero attached hydrogens (tertiary/aromatic N) is 1. The third kappa shape index (κ3) is 3.32. The second kappa shape index (κ2) is 6.58. The SMILES string of the molecule is CCC1CNC2(CCCCC2)CN1C1CCC(C)C(C)C1. The van der Waals surface area contributed by atoms with Gasteiger partial charge in [0.2, 0.25) is 0 Å². The van der Waals surface area contributed by atoms with Gasteiger partial charge in [0.05, 0.1) is 0 Å². The van der Waals surface area contributed by atoms with Crippen LogP contribution in [0.25, 0.3) is 0 Å². The molecular weight excluding hydrogens is 256 g/mol. The summed E-state index contributed by atoms with van der Waals surface area (Å²) in [5.74, 6) is 1.85. The Kier molecular flexibility index (Phi) is 4.95. The molecule has 4 atom stereocenters. The van der Waals surface area contributed by atoms with Crippen LogP contribution in [0.15, 0.2) is 0 Å². The predicted octanol–water partition coefficient (Wildman–Crippen LogP) is 4.20. The van der Waals surface area contributed by atoms with Crippen molar-refractivity contribution in [3.63, 3.8) is 0 Å². The Bertz CT molecular complexity index is 334. The van der Waals surface area contributed by atoms with Gasteiger partial charge in [-0.25, -0.2) is 0 Å². The van der Waals surface area contributed by atoms with E-state index in [9.17, 15) is 0 Å². The van der Waals surface area contributed by atoms with E-state index in [0.29, 0.717) is 5.54 Å². The summed E-state index contributed by atoms with van der Waals surface area (Å²) in [6.45, 7) is 9.89. The Hall–Kier alpha value is -0.0800. The first kappa shape index (κ1) is 15.8. The zero-order chi connectivity index (χ0) is 14.9. The van der Waals surface area contributed by atoms with Crippen molar-refractivity contribution in [3.05, 3.63) is 0 Å². The summed E-state index contributed by atoms with van der Waals surface area (Å²) >= 11 is 0. The molecule has 0 radical (unpaired) electrons. The van der Waals surface area contributed by atoms with Gasteiger partial charge in [-0.1, -0.05) is 40.0 Å². The lowest BCUT2D eigenvalue weighted by Crippen LogP contribution is -2.67. The summed E-state index contributed by atoms with van der Waals surface area (Å²) in [6.07, 6.45) is 12.8. The van der Waals surface area contributed by atoms with Crippen molar-refractivity contribution in [1.29, 1.82) is 0 Å². The fourth-order valence-corrected chi connectivity index (χ4v) is 5.18. The van der Waals surface area contributed by atoms with Crippen molar-refractivity contribution in [3.8, 4) is 0 Å². The first-order valence-corrected chi connectivity index (χ1v) is 9.64. The molecule has 1 saturated heterocycles. The normalized spacial score (nSPS) is 41.3. The number of hydrogen-bond donors (Lipinski definition) is 1. The molecule has 0 amide bonds. The molecule has 4 unspecified atom stereocenters. The van der Waals surface area contributed by atoms with E-state index in [2.05, 4.69) is 31.0 Å². The lowest BCUT2D eigenvalue weighted by Gasteiger charge is -2.53. The first-order chi connectivity index (χ1) is 10.1. The summed E-state index contributed by atoms with van der Waals surface area (Å²) in [6, 6.07) is 1.64. The van der Waals surface area contributed by atoms with E-state index < -0.39 is 0 Å². The van der Waals surface area contributed by atoms with Crippen molar-refractivity contribution >= 4 is 0 Å². The van der Waals surface area contributed by atoms with Crippen LogP contribution in [0.5, 0.6) is 0 Å². The van der Waals surface area contributed by atoms with Gasteiger partial charge in [-0.15, -0.1) is 0 Å². The van der Waals surface area contributed by atoms with E-state index in [4.69, 9.17) is 0 Å². The van der Waals surface area contributed by atoms with Crippen LogP contribution in [0.3, 0.4) is 0 Å². The van der Waals surface area contributed by atoms with E-state index in [-0.39, 0.29) is 0 Å². The van der Waals surface area contributed by atoms with E-state index >= 15 is 0 Å². The molecular formula is C19H36N2. The maximum absolute atomic E-state index is 3.98. The summed E-state index contributed by atoms with van der Waals surface area (Å²) in [7, 11) is 0. The van der Waals surface area contributed by atoms with E-state index in [1.807, 2.05) is 0 Å². The summed E-state index contributed by atoms with van der Waals surface area (Å²) in [4.78, 5) is 2.95. The van der Waals surface area contributed by atoms with Crippen LogP contribution in [-0.2, 0) is 0 Å². The van der Waals surface area contributed by atoms with Gasteiger partial charge in [-0.05, 0) is 50.4 Å². The van der Waals surface area contributed by atoms with Crippen molar-refractivity contribution < 1.29 is 0 Å². The molecule has 0 aromatic rings. The van der Waals surface area contributed by atoms with Gasteiger partial charge in [0.15, 0.2) is 0 Å². The zero-order valence-electron chi connectivity index (χ0n) is 14.5. The maximum atomic E-state index is 3.98. The van der Waals surface area contributed by atoms with Crippen LogP contribution in [-0.4, -0.2) is 35.6 Å². The molecule has 1 heterocycles. The molecule has 1 N–H and O–H groups in total. The molecule has 3 aliphatic rings. The topological polar surface area (TPSA) is 15.3 Å². The fourth-order valence-electron chi connectivity index (χ4n) is 5.18. The Balaban J connectivity index is 1.70. The minimum absolute atomic E-state index is 0.468. The van der Waals surface area contributed by atoms with Crippen molar-refractivity contribution in [1.82, 2.24) is 10.2 Å². The van der Waals surface area contributed by atoms with Gasteiger partial charge in [-0.2, -0.15) is 0 Å². The van der Waals surface area contributed by atoms with Gasteiger partial charge in [0.25, 0.3) is 0 Å². The molecule has 1 spiro atoms. The molecule has 2 saturated carbocycles. The average Bonchev–Trinajstić information content (AvgIpc) is 2.51. The molecule has 2 nitrogen and oxygen atoms in total. The highest BCUT2D eigenvalue weighted by Gasteiger charge is 2.42. The standard InChI is InChI=1S/C19H36N2/c1-4-17-13-20-19(10-6-5-7-11-19)14-21(17)18-9-8-15(2)16(3)12-18/h15-18,20H,4-14H2,1-3H3. The Morgan fingerprint density at radius 3 is 2.48 bits per heavy atom. The molecule has 0 aromatic carbocycles. The van der Waals surface area contributed by atoms with Gasteiger partial charge in [0.1, 0.15) is 0 Å². The molecule has 0 bridgehead atoms. The molecule has 21 heavy (non-hydrogen) atoms. The second-order valence-electron chi connectivity index (χ2n) is 8.38. The first-order valence-electron chi connectivity index (χ1n) is 9.64. The third-order valence-electron chi connectivity index (χ3n) is 6.99. The van der Waals surface area contributed by atoms with E-state index in [1.54, 1.807) is 0 Å². The Morgan fingerprint density at radius 1 is 1.05 bits per heavy atom. The Labute approximate surface area is 132 Å². The summed E-state index contributed by atoms with van der Waals surface area (Å²) in [5.41, 5.74) is 0.468. The predicted molar refractivity (Wildman–Crippen MR) is 90.6 cm³/mol. The van der Waals surface area contributed by atoms with E-state index in [0.717, 1.165) is 23.9 Å². The second-order valence-corrected chi connectivity index (χ2v) is 8.38.